The van der Waals surface area contributed by atoms with Crippen LogP contribution in [-0.4, -0.2) is 43.2 Å². The molecule has 1 heterocycles. The average molecular weight is 320 g/mol. The first-order valence-corrected chi connectivity index (χ1v) is 7.94. The van der Waals surface area contributed by atoms with E-state index < -0.39 is 0 Å². The van der Waals surface area contributed by atoms with Gasteiger partial charge in [0.1, 0.15) is 0 Å². The maximum absolute atomic E-state index is 11.8. The fraction of sp³-hybridized carbons (Fsp3) is 0.529. The lowest BCUT2D eigenvalue weighted by Crippen LogP contribution is -2.52. The highest BCUT2D eigenvalue weighted by molar-refractivity contribution is 5.70. The highest BCUT2D eigenvalue weighted by Gasteiger charge is 2.35. The summed E-state index contributed by atoms with van der Waals surface area (Å²) in [7, 11) is 1.39. The number of hydrogen-bond acceptors (Lipinski definition) is 5. The van der Waals surface area contributed by atoms with E-state index in [0.717, 1.165) is 5.69 Å². The fourth-order valence-corrected chi connectivity index (χ4v) is 2.84. The Kier molecular flexibility index (Phi) is 5.84. The predicted octanol–water partition coefficient (Wildman–Crippen LogP) is 2.84. The topological polar surface area (TPSA) is 59.1 Å². The Hall–Kier alpha value is -2.24. The predicted molar refractivity (Wildman–Crippen MR) is 86.9 cm³/mol. The number of rotatable bonds is 4. The largest absolute Gasteiger partial charge is 0.453 e. The van der Waals surface area contributed by atoms with Gasteiger partial charge in [-0.05, 0) is 24.5 Å². The molecule has 1 saturated heterocycles. The van der Waals surface area contributed by atoms with E-state index in [0.29, 0.717) is 25.9 Å². The summed E-state index contributed by atoms with van der Waals surface area (Å²) < 4.78 is 4.79. The molecular weight excluding hydrogens is 296 g/mol. The molecule has 0 spiro atoms. The summed E-state index contributed by atoms with van der Waals surface area (Å²) in [6.07, 6.45) is 0.716. The standard InChI is InChI=1S/C17H24N2O4/c1-4-16(20)23-19(14-8-6-5-7-9-14)15-10-11-18(12-13(15)2)17(21)22-3/h5-9,13,15H,4,10-12H2,1-3H3. The summed E-state index contributed by atoms with van der Waals surface area (Å²) in [6.45, 7) is 4.98. The fourth-order valence-electron chi connectivity index (χ4n) is 2.84. The molecule has 23 heavy (non-hydrogen) atoms. The third-order valence-electron chi connectivity index (χ3n) is 4.09. The summed E-state index contributed by atoms with van der Waals surface area (Å²) in [5, 5.41) is 1.70. The first-order valence-electron chi connectivity index (χ1n) is 7.94. The number of carbonyl (C=O) groups excluding carboxylic acids is 2. The van der Waals surface area contributed by atoms with Crippen molar-refractivity contribution in [3.63, 3.8) is 0 Å². The van der Waals surface area contributed by atoms with Gasteiger partial charge in [0.25, 0.3) is 0 Å². The third-order valence-corrected chi connectivity index (χ3v) is 4.09. The number of carbonyl (C=O) groups is 2. The van der Waals surface area contributed by atoms with Gasteiger partial charge in [-0.3, -0.25) is 0 Å². The number of anilines is 1. The van der Waals surface area contributed by atoms with Crippen molar-refractivity contribution in [3.8, 4) is 0 Å². The first-order chi connectivity index (χ1) is 11.1. The number of hydroxylamine groups is 1. The van der Waals surface area contributed by atoms with E-state index >= 15 is 0 Å². The molecule has 2 atom stereocenters. The number of para-hydroxylation sites is 1. The zero-order valence-corrected chi connectivity index (χ0v) is 13.9. The lowest BCUT2D eigenvalue weighted by molar-refractivity contribution is -0.146. The summed E-state index contributed by atoms with van der Waals surface area (Å²) in [6, 6.07) is 9.61. The van der Waals surface area contributed by atoms with Crippen LogP contribution in [0.15, 0.2) is 30.3 Å². The summed E-state index contributed by atoms with van der Waals surface area (Å²) in [4.78, 5) is 30.8. The van der Waals surface area contributed by atoms with Gasteiger partial charge in [0.2, 0.25) is 0 Å². The minimum absolute atomic E-state index is 0.0220. The zero-order valence-electron chi connectivity index (χ0n) is 13.9. The van der Waals surface area contributed by atoms with Crippen LogP contribution in [0.1, 0.15) is 26.7 Å². The van der Waals surface area contributed by atoms with E-state index in [1.54, 1.807) is 16.9 Å². The first kappa shape index (κ1) is 17.1. The Morgan fingerprint density at radius 1 is 1.30 bits per heavy atom. The third kappa shape index (κ3) is 4.15. The van der Waals surface area contributed by atoms with Crippen LogP contribution >= 0.6 is 0 Å². The number of nitrogens with zero attached hydrogens (tertiary/aromatic N) is 2. The molecule has 1 fully saturated rings. The lowest BCUT2D eigenvalue weighted by atomic mass is 9.93. The van der Waals surface area contributed by atoms with Gasteiger partial charge in [-0.2, -0.15) is 0 Å². The number of benzene rings is 1. The van der Waals surface area contributed by atoms with Crippen molar-refractivity contribution in [1.82, 2.24) is 4.90 Å². The number of likely N-dealkylation sites (tertiary alicyclic amines) is 1. The molecule has 6 heteroatoms. The van der Waals surface area contributed by atoms with Gasteiger partial charge in [-0.1, -0.05) is 32.0 Å². The molecule has 1 amide bonds. The number of methoxy groups -OCH3 is 1. The molecule has 2 unspecified atom stereocenters. The number of ether oxygens (including phenoxy) is 1. The van der Waals surface area contributed by atoms with Gasteiger partial charge in [-0.25, -0.2) is 14.7 Å². The monoisotopic (exact) mass is 320 g/mol. The molecule has 0 bridgehead atoms. The van der Waals surface area contributed by atoms with Crippen LogP contribution in [0.25, 0.3) is 0 Å². The van der Waals surface area contributed by atoms with Gasteiger partial charge in [0.15, 0.2) is 0 Å². The summed E-state index contributed by atoms with van der Waals surface area (Å²) in [5.74, 6) is -0.121. The van der Waals surface area contributed by atoms with Crippen LogP contribution < -0.4 is 5.06 Å². The minimum Gasteiger partial charge on any atom is -0.453 e. The molecule has 0 aliphatic carbocycles. The molecular formula is C17H24N2O4. The Balaban J connectivity index is 2.16. The highest BCUT2D eigenvalue weighted by Crippen LogP contribution is 2.28. The summed E-state index contributed by atoms with van der Waals surface area (Å²) in [5.41, 5.74) is 0.845. The minimum atomic E-state index is -0.313. The van der Waals surface area contributed by atoms with Gasteiger partial charge < -0.3 is 14.5 Å². The van der Waals surface area contributed by atoms with E-state index in [4.69, 9.17) is 9.57 Å². The molecule has 126 valence electrons. The number of piperidine rings is 1. The van der Waals surface area contributed by atoms with Crippen molar-refractivity contribution in [3.05, 3.63) is 30.3 Å². The van der Waals surface area contributed by atoms with Crippen molar-refractivity contribution < 1.29 is 19.2 Å². The molecule has 1 aromatic carbocycles. The molecule has 6 nitrogen and oxygen atoms in total. The second kappa shape index (κ2) is 7.85. The number of hydrogen-bond donors (Lipinski definition) is 0. The van der Waals surface area contributed by atoms with Crippen molar-refractivity contribution in [2.75, 3.05) is 25.3 Å². The van der Waals surface area contributed by atoms with E-state index in [9.17, 15) is 9.59 Å². The Bertz CT molecular complexity index is 535. The average Bonchev–Trinajstić information content (AvgIpc) is 2.59. The lowest BCUT2D eigenvalue weighted by Gasteiger charge is -2.41. The van der Waals surface area contributed by atoms with Gasteiger partial charge in [0, 0.05) is 19.5 Å². The van der Waals surface area contributed by atoms with Crippen molar-refractivity contribution in [2.45, 2.75) is 32.7 Å². The smallest absolute Gasteiger partial charge is 0.409 e. The quantitative estimate of drug-likeness (QED) is 0.798. The maximum atomic E-state index is 11.8. The van der Waals surface area contributed by atoms with Crippen LogP contribution in [0.3, 0.4) is 0 Å². The maximum Gasteiger partial charge on any atom is 0.409 e. The second-order valence-electron chi connectivity index (χ2n) is 5.73. The van der Waals surface area contributed by atoms with Crippen molar-refractivity contribution in [1.29, 1.82) is 0 Å². The van der Waals surface area contributed by atoms with Crippen molar-refractivity contribution >= 4 is 17.7 Å². The van der Waals surface area contributed by atoms with Gasteiger partial charge in [-0.15, -0.1) is 0 Å². The molecule has 0 saturated carbocycles. The van der Waals surface area contributed by atoms with E-state index in [2.05, 4.69) is 6.92 Å². The Labute approximate surface area is 136 Å². The van der Waals surface area contributed by atoms with Crippen LogP contribution in [0, 0.1) is 5.92 Å². The molecule has 0 N–H and O–H groups in total. The molecule has 2 rings (SSSR count). The van der Waals surface area contributed by atoms with Crippen LogP contribution in [-0.2, 0) is 14.4 Å². The van der Waals surface area contributed by atoms with Crippen molar-refractivity contribution in [2.24, 2.45) is 5.92 Å². The van der Waals surface area contributed by atoms with Crippen LogP contribution in [0.2, 0.25) is 0 Å². The Morgan fingerprint density at radius 2 is 2.00 bits per heavy atom. The van der Waals surface area contributed by atoms with Gasteiger partial charge in [0.05, 0.1) is 18.8 Å². The molecule has 1 aromatic rings. The normalized spacial score (nSPS) is 20.7. The molecule has 1 aliphatic heterocycles. The van der Waals surface area contributed by atoms with E-state index in [1.165, 1.54) is 7.11 Å². The second-order valence-corrected chi connectivity index (χ2v) is 5.73. The zero-order chi connectivity index (χ0) is 16.8. The highest BCUT2D eigenvalue weighted by atomic mass is 16.7. The van der Waals surface area contributed by atoms with E-state index in [-0.39, 0.29) is 24.0 Å². The molecule has 0 radical (unpaired) electrons. The number of amides is 1. The molecule has 0 aromatic heterocycles. The molecule has 1 aliphatic rings. The Morgan fingerprint density at radius 3 is 2.57 bits per heavy atom. The van der Waals surface area contributed by atoms with Crippen LogP contribution in [0.4, 0.5) is 10.5 Å². The van der Waals surface area contributed by atoms with Crippen LogP contribution in [0.5, 0.6) is 0 Å². The van der Waals surface area contributed by atoms with Gasteiger partial charge >= 0.3 is 12.1 Å². The SMILES string of the molecule is CCC(=O)ON(c1ccccc1)C1CCN(C(=O)OC)CC1C. The summed E-state index contributed by atoms with van der Waals surface area (Å²) >= 11 is 0. The van der Waals surface area contributed by atoms with E-state index in [1.807, 2.05) is 30.3 Å².